The highest BCUT2D eigenvalue weighted by molar-refractivity contribution is 7.18. The van der Waals surface area contributed by atoms with Gasteiger partial charge in [-0.1, -0.05) is 12.1 Å². The summed E-state index contributed by atoms with van der Waals surface area (Å²) in [6, 6.07) is 7.46. The van der Waals surface area contributed by atoms with Crippen LogP contribution in [-0.4, -0.2) is 59.7 Å². The highest BCUT2D eigenvalue weighted by Gasteiger charge is 2.33. The SMILES string of the molecule is Cc1nc(N2CCN(C(=O)[C@@H]3COc4ccccc4O3)CC2)c2c(C)c(C)sc2n1. The number of aromatic nitrogens is 2. The predicted molar refractivity (Wildman–Crippen MR) is 117 cm³/mol. The number of piperazine rings is 1. The monoisotopic (exact) mass is 424 g/mol. The summed E-state index contributed by atoms with van der Waals surface area (Å²) in [6.45, 7) is 9.17. The topological polar surface area (TPSA) is 67.8 Å². The average molecular weight is 425 g/mol. The molecule has 0 unspecified atom stereocenters. The first-order chi connectivity index (χ1) is 14.5. The second-order valence-electron chi connectivity index (χ2n) is 7.73. The predicted octanol–water partition coefficient (Wildman–Crippen LogP) is 3.11. The maximum absolute atomic E-state index is 13.0. The highest BCUT2D eigenvalue weighted by atomic mass is 32.1. The summed E-state index contributed by atoms with van der Waals surface area (Å²) in [7, 11) is 0. The molecule has 1 saturated heterocycles. The molecule has 156 valence electrons. The van der Waals surface area contributed by atoms with Crippen LogP contribution in [0.2, 0.25) is 0 Å². The van der Waals surface area contributed by atoms with Crippen LogP contribution in [0.3, 0.4) is 0 Å². The normalized spacial score (nSPS) is 18.7. The number of para-hydroxylation sites is 2. The Morgan fingerprint density at radius 3 is 2.57 bits per heavy atom. The number of benzene rings is 1. The van der Waals surface area contributed by atoms with Gasteiger partial charge in [0, 0.05) is 31.1 Å². The maximum Gasteiger partial charge on any atom is 0.267 e. The van der Waals surface area contributed by atoms with Crippen LogP contribution in [0.4, 0.5) is 5.82 Å². The standard InChI is InChI=1S/C22H24N4O3S/c1-13-14(2)30-21-19(13)20(23-15(3)24-21)25-8-10-26(11-9-25)22(27)18-12-28-16-6-4-5-7-17(16)29-18/h4-7,18H,8-12H2,1-3H3/t18-/m0/s1. The molecule has 0 aliphatic carbocycles. The Labute approximate surface area is 179 Å². The molecule has 30 heavy (non-hydrogen) atoms. The molecular weight excluding hydrogens is 400 g/mol. The molecule has 0 saturated carbocycles. The van der Waals surface area contributed by atoms with E-state index in [2.05, 4.69) is 23.7 Å². The molecule has 3 aromatic rings. The number of carbonyl (C=O) groups is 1. The Bertz CT molecular complexity index is 1120. The van der Waals surface area contributed by atoms with Gasteiger partial charge in [-0.2, -0.15) is 0 Å². The van der Waals surface area contributed by atoms with Gasteiger partial charge < -0.3 is 19.3 Å². The number of aryl methyl sites for hydroxylation is 3. The molecule has 2 aliphatic heterocycles. The van der Waals surface area contributed by atoms with Gasteiger partial charge in [0.05, 0.1) is 5.39 Å². The number of hydrogen-bond acceptors (Lipinski definition) is 7. The van der Waals surface area contributed by atoms with Crippen molar-refractivity contribution in [1.82, 2.24) is 14.9 Å². The second kappa shape index (κ2) is 7.43. The van der Waals surface area contributed by atoms with Gasteiger partial charge in [-0.15, -0.1) is 11.3 Å². The van der Waals surface area contributed by atoms with Crippen LogP contribution < -0.4 is 14.4 Å². The average Bonchev–Trinajstić information content (AvgIpc) is 3.05. The van der Waals surface area contributed by atoms with Crippen LogP contribution in [-0.2, 0) is 4.79 Å². The highest BCUT2D eigenvalue weighted by Crippen LogP contribution is 2.35. The molecule has 7 nitrogen and oxygen atoms in total. The van der Waals surface area contributed by atoms with Gasteiger partial charge in [0.25, 0.3) is 5.91 Å². The van der Waals surface area contributed by atoms with E-state index in [0.29, 0.717) is 24.6 Å². The van der Waals surface area contributed by atoms with Crippen molar-refractivity contribution in [3.05, 3.63) is 40.5 Å². The van der Waals surface area contributed by atoms with Gasteiger partial charge in [0.2, 0.25) is 6.10 Å². The first-order valence-electron chi connectivity index (χ1n) is 10.2. The van der Waals surface area contributed by atoms with E-state index in [9.17, 15) is 4.79 Å². The molecule has 0 radical (unpaired) electrons. The van der Waals surface area contributed by atoms with Gasteiger partial charge in [-0.05, 0) is 38.5 Å². The third kappa shape index (κ3) is 3.25. The van der Waals surface area contributed by atoms with Crippen molar-refractivity contribution in [2.24, 2.45) is 0 Å². The summed E-state index contributed by atoms with van der Waals surface area (Å²) in [5, 5.41) is 1.14. The van der Waals surface area contributed by atoms with Crippen LogP contribution >= 0.6 is 11.3 Å². The lowest BCUT2D eigenvalue weighted by Gasteiger charge is -2.37. The maximum atomic E-state index is 13.0. The fraction of sp³-hybridized carbons (Fsp3) is 0.409. The van der Waals surface area contributed by atoms with E-state index < -0.39 is 6.10 Å². The third-order valence-electron chi connectivity index (χ3n) is 5.80. The number of nitrogens with zero attached hydrogens (tertiary/aromatic N) is 4. The van der Waals surface area contributed by atoms with Crippen molar-refractivity contribution in [3.8, 4) is 11.5 Å². The summed E-state index contributed by atoms with van der Waals surface area (Å²) >= 11 is 1.72. The molecule has 1 amide bonds. The molecule has 1 atom stereocenters. The molecular formula is C22H24N4O3S. The number of thiophene rings is 1. The number of rotatable bonds is 2. The Kier molecular flexibility index (Phi) is 4.73. The summed E-state index contributed by atoms with van der Waals surface area (Å²) in [5.74, 6) is 3.07. The number of fused-ring (bicyclic) bond motifs is 2. The van der Waals surface area contributed by atoms with E-state index >= 15 is 0 Å². The van der Waals surface area contributed by atoms with Crippen LogP contribution in [0.15, 0.2) is 24.3 Å². The van der Waals surface area contributed by atoms with Gasteiger partial charge in [-0.3, -0.25) is 4.79 Å². The smallest absolute Gasteiger partial charge is 0.267 e. The number of hydrogen-bond donors (Lipinski definition) is 0. The minimum absolute atomic E-state index is 0.0178. The van der Waals surface area contributed by atoms with Crippen molar-refractivity contribution < 1.29 is 14.3 Å². The summed E-state index contributed by atoms with van der Waals surface area (Å²) in [6.07, 6.45) is -0.596. The molecule has 8 heteroatoms. The second-order valence-corrected chi connectivity index (χ2v) is 8.94. The van der Waals surface area contributed by atoms with E-state index in [1.54, 1.807) is 11.3 Å². The lowest BCUT2D eigenvalue weighted by atomic mass is 10.2. The molecule has 1 aromatic carbocycles. The fourth-order valence-electron chi connectivity index (χ4n) is 4.04. The van der Waals surface area contributed by atoms with E-state index in [1.807, 2.05) is 36.1 Å². The quantitative estimate of drug-likeness (QED) is 0.630. The Morgan fingerprint density at radius 1 is 1.07 bits per heavy atom. The minimum atomic E-state index is -0.596. The Balaban J connectivity index is 1.30. The van der Waals surface area contributed by atoms with Crippen LogP contribution in [0.1, 0.15) is 16.3 Å². The fourth-order valence-corrected chi connectivity index (χ4v) is 5.11. The number of ether oxygens (including phenoxy) is 2. The van der Waals surface area contributed by atoms with Crippen molar-refractivity contribution in [1.29, 1.82) is 0 Å². The molecule has 0 bridgehead atoms. The van der Waals surface area contributed by atoms with Gasteiger partial charge in [0.1, 0.15) is 23.1 Å². The zero-order valence-electron chi connectivity index (χ0n) is 17.3. The first-order valence-corrected chi connectivity index (χ1v) is 11.0. The van der Waals surface area contributed by atoms with E-state index in [4.69, 9.17) is 14.5 Å². The van der Waals surface area contributed by atoms with Gasteiger partial charge in [-0.25, -0.2) is 9.97 Å². The first kappa shape index (κ1) is 19.1. The summed E-state index contributed by atoms with van der Waals surface area (Å²) < 4.78 is 11.6. The van der Waals surface area contributed by atoms with Gasteiger partial charge in [0.15, 0.2) is 11.5 Å². The number of carbonyl (C=O) groups excluding carboxylic acids is 1. The number of amides is 1. The summed E-state index contributed by atoms with van der Waals surface area (Å²) in [4.78, 5) is 28.8. The third-order valence-corrected chi connectivity index (χ3v) is 6.90. The van der Waals surface area contributed by atoms with Crippen molar-refractivity contribution in [2.45, 2.75) is 26.9 Å². The molecule has 2 aromatic heterocycles. The van der Waals surface area contributed by atoms with E-state index in [-0.39, 0.29) is 12.5 Å². The minimum Gasteiger partial charge on any atom is -0.485 e. The van der Waals surface area contributed by atoms with E-state index in [1.165, 1.54) is 10.4 Å². The molecule has 0 spiro atoms. The molecule has 1 fully saturated rings. The van der Waals surface area contributed by atoms with Crippen molar-refractivity contribution >= 4 is 33.3 Å². The van der Waals surface area contributed by atoms with Gasteiger partial charge >= 0.3 is 0 Å². The van der Waals surface area contributed by atoms with Crippen LogP contribution in [0.5, 0.6) is 11.5 Å². The molecule has 5 rings (SSSR count). The Morgan fingerprint density at radius 2 is 1.80 bits per heavy atom. The molecule has 2 aliphatic rings. The van der Waals surface area contributed by atoms with Crippen molar-refractivity contribution in [3.63, 3.8) is 0 Å². The van der Waals surface area contributed by atoms with Crippen molar-refractivity contribution in [2.75, 3.05) is 37.7 Å². The van der Waals surface area contributed by atoms with E-state index in [0.717, 1.165) is 34.9 Å². The zero-order chi connectivity index (χ0) is 20.8. The number of anilines is 1. The lowest BCUT2D eigenvalue weighted by Crippen LogP contribution is -2.54. The van der Waals surface area contributed by atoms with Crippen LogP contribution in [0, 0.1) is 20.8 Å². The zero-order valence-corrected chi connectivity index (χ0v) is 18.2. The van der Waals surface area contributed by atoms with Crippen LogP contribution in [0.25, 0.3) is 10.2 Å². The largest absolute Gasteiger partial charge is 0.485 e. The Hall–Kier alpha value is -2.87. The lowest BCUT2D eigenvalue weighted by molar-refractivity contribution is -0.141. The summed E-state index contributed by atoms with van der Waals surface area (Å²) in [5.41, 5.74) is 1.25. The molecule has 0 N–H and O–H groups in total. The molecule has 4 heterocycles.